The Morgan fingerprint density at radius 3 is 2.14 bits per heavy atom. The summed E-state index contributed by atoms with van der Waals surface area (Å²) in [5.74, 6) is -2.19. The molecule has 10 nitrogen and oxygen atoms in total. The van der Waals surface area contributed by atoms with Crippen molar-refractivity contribution in [3.05, 3.63) is 82.4 Å². The average molecular weight is 476 g/mol. The molecule has 1 aliphatic rings. The minimum absolute atomic E-state index is 0.0465. The molecule has 3 aromatic rings. The predicted molar refractivity (Wildman–Crippen MR) is 122 cm³/mol. The number of hydrogen-bond donors (Lipinski definition) is 3. The number of carbonyl (C=O) groups excluding carboxylic acids is 4. The predicted octanol–water partition coefficient (Wildman–Crippen LogP) is 2.02. The fourth-order valence-electron chi connectivity index (χ4n) is 3.62. The number of phenolic OH excluding ortho intramolecular Hbond substituents is 1. The van der Waals surface area contributed by atoms with Crippen LogP contribution in [0.4, 0.5) is 0 Å². The van der Waals surface area contributed by atoms with Crippen molar-refractivity contribution in [3.8, 4) is 23.0 Å². The lowest BCUT2D eigenvalue weighted by Crippen LogP contribution is -2.43. The van der Waals surface area contributed by atoms with Crippen molar-refractivity contribution in [1.29, 1.82) is 0 Å². The first kappa shape index (κ1) is 23.3. The molecule has 0 aliphatic heterocycles. The van der Waals surface area contributed by atoms with Crippen molar-refractivity contribution in [2.45, 2.75) is 0 Å². The van der Waals surface area contributed by atoms with E-state index in [2.05, 4.69) is 10.9 Å². The number of carbonyl (C=O) groups is 4. The Hall–Kier alpha value is -4.86. The number of benzene rings is 3. The second kappa shape index (κ2) is 9.56. The summed E-state index contributed by atoms with van der Waals surface area (Å²) in [5.41, 5.74) is 4.92. The molecule has 0 fully saturated rings. The van der Waals surface area contributed by atoms with Gasteiger partial charge in [0.1, 0.15) is 0 Å². The second-order valence-electron chi connectivity index (χ2n) is 7.40. The van der Waals surface area contributed by atoms with Crippen LogP contribution in [0.1, 0.15) is 42.2 Å². The quantitative estimate of drug-likeness (QED) is 0.359. The van der Waals surface area contributed by atoms with Gasteiger partial charge in [-0.15, -0.1) is 0 Å². The third kappa shape index (κ3) is 4.36. The van der Waals surface area contributed by atoms with Crippen LogP contribution in [0.25, 0.3) is 0 Å². The third-order valence-corrected chi connectivity index (χ3v) is 5.35. The molecule has 35 heavy (non-hydrogen) atoms. The number of nitrogens with one attached hydrogen (secondary N) is 2. The largest absolute Gasteiger partial charge is 0.504 e. The van der Waals surface area contributed by atoms with Gasteiger partial charge in [-0.3, -0.25) is 30.0 Å². The standard InChI is InChI=1S/C25H20N2O8/c1-33-17-9-7-13(11-19(17)34-2)25(32)27-26-20(28)12-35-18-10-8-16-21(24(18)31)23(30)15-6-4-3-5-14(15)22(16)29/h3-11,31H,12H2,1-2H3,(H,26,28)(H,27,32). The molecule has 3 aromatic carbocycles. The molecule has 0 saturated heterocycles. The summed E-state index contributed by atoms with van der Waals surface area (Å²) in [5, 5.41) is 10.6. The van der Waals surface area contributed by atoms with Gasteiger partial charge in [0.15, 0.2) is 41.2 Å². The van der Waals surface area contributed by atoms with Gasteiger partial charge in [-0.05, 0) is 30.3 Å². The highest BCUT2D eigenvalue weighted by molar-refractivity contribution is 6.29. The minimum atomic E-state index is -0.733. The van der Waals surface area contributed by atoms with Crippen molar-refractivity contribution < 1.29 is 38.5 Å². The number of ether oxygens (including phenoxy) is 3. The van der Waals surface area contributed by atoms with E-state index in [1.807, 2.05) is 0 Å². The maximum Gasteiger partial charge on any atom is 0.276 e. The number of methoxy groups -OCH3 is 2. The van der Waals surface area contributed by atoms with E-state index in [0.29, 0.717) is 11.5 Å². The molecule has 0 heterocycles. The number of amides is 2. The van der Waals surface area contributed by atoms with Gasteiger partial charge in [-0.2, -0.15) is 0 Å². The molecular formula is C25H20N2O8. The zero-order valence-corrected chi connectivity index (χ0v) is 18.7. The fraction of sp³-hybridized carbons (Fsp3) is 0.120. The van der Waals surface area contributed by atoms with Crippen molar-refractivity contribution in [2.75, 3.05) is 20.8 Å². The Morgan fingerprint density at radius 1 is 0.800 bits per heavy atom. The van der Waals surface area contributed by atoms with Crippen LogP contribution in [0, 0.1) is 0 Å². The smallest absolute Gasteiger partial charge is 0.276 e. The van der Waals surface area contributed by atoms with Gasteiger partial charge in [0.25, 0.3) is 11.8 Å². The molecule has 3 N–H and O–H groups in total. The summed E-state index contributed by atoms with van der Waals surface area (Å²) in [7, 11) is 2.89. The number of hydrogen-bond acceptors (Lipinski definition) is 8. The van der Waals surface area contributed by atoms with Gasteiger partial charge in [0, 0.05) is 22.3 Å². The van der Waals surface area contributed by atoms with Crippen LogP contribution in [0.3, 0.4) is 0 Å². The second-order valence-corrected chi connectivity index (χ2v) is 7.40. The highest BCUT2D eigenvalue weighted by Crippen LogP contribution is 2.38. The monoisotopic (exact) mass is 476 g/mol. The molecule has 0 unspecified atom stereocenters. The van der Waals surface area contributed by atoms with Gasteiger partial charge in [-0.25, -0.2) is 0 Å². The van der Waals surface area contributed by atoms with Gasteiger partial charge in [-0.1, -0.05) is 24.3 Å². The van der Waals surface area contributed by atoms with Crippen molar-refractivity contribution >= 4 is 23.4 Å². The Kier molecular flexibility index (Phi) is 6.36. The van der Waals surface area contributed by atoms with Crippen LogP contribution >= 0.6 is 0 Å². The number of rotatable bonds is 6. The molecule has 0 bridgehead atoms. The first-order valence-corrected chi connectivity index (χ1v) is 10.3. The van der Waals surface area contributed by atoms with Crippen LogP contribution in [-0.2, 0) is 4.79 Å². The molecule has 2 amide bonds. The summed E-state index contributed by atoms with van der Waals surface area (Å²) in [6, 6.07) is 13.4. The zero-order chi connectivity index (χ0) is 25.1. The van der Waals surface area contributed by atoms with Gasteiger partial charge < -0.3 is 19.3 Å². The summed E-state index contributed by atoms with van der Waals surface area (Å²) >= 11 is 0. The fourth-order valence-corrected chi connectivity index (χ4v) is 3.62. The number of phenols is 1. The molecule has 4 rings (SSSR count). The first-order valence-electron chi connectivity index (χ1n) is 10.3. The van der Waals surface area contributed by atoms with E-state index in [9.17, 15) is 24.3 Å². The normalized spacial score (nSPS) is 11.7. The highest BCUT2D eigenvalue weighted by Gasteiger charge is 2.33. The molecule has 178 valence electrons. The molecule has 1 aliphatic carbocycles. The molecular weight excluding hydrogens is 456 g/mol. The SMILES string of the molecule is COc1ccc(C(=O)NNC(=O)COc2ccc3c(c2O)C(=O)c2ccccc2C3=O)cc1OC. The van der Waals surface area contributed by atoms with E-state index in [1.165, 1.54) is 44.6 Å². The van der Waals surface area contributed by atoms with E-state index in [1.54, 1.807) is 24.3 Å². The van der Waals surface area contributed by atoms with E-state index in [-0.39, 0.29) is 33.6 Å². The minimum Gasteiger partial charge on any atom is -0.504 e. The van der Waals surface area contributed by atoms with Gasteiger partial charge in [0.2, 0.25) is 0 Å². The van der Waals surface area contributed by atoms with E-state index < -0.39 is 35.7 Å². The topological polar surface area (TPSA) is 140 Å². The maximum absolute atomic E-state index is 12.9. The van der Waals surface area contributed by atoms with Crippen LogP contribution in [0.2, 0.25) is 0 Å². The Labute approximate surface area is 199 Å². The molecule has 0 atom stereocenters. The van der Waals surface area contributed by atoms with Gasteiger partial charge >= 0.3 is 0 Å². The zero-order valence-electron chi connectivity index (χ0n) is 18.7. The lowest BCUT2D eigenvalue weighted by atomic mass is 9.83. The molecule has 0 spiro atoms. The molecule has 10 heteroatoms. The summed E-state index contributed by atoms with van der Waals surface area (Å²) in [6.45, 7) is -0.586. The summed E-state index contributed by atoms with van der Waals surface area (Å²) in [4.78, 5) is 50.0. The number of fused-ring (bicyclic) bond motifs is 2. The molecule has 0 aromatic heterocycles. The van der Waals surface area contributed by atoms with Crippen LogP contribution in [0.5, 0.6) is 23.0 Å². The molecule has 0 saturated carbocycles. The lowest BCUT2D eigenvalue weighted by Gasteiger charge is -2.19. The highest BCUT2D eigenvalue weighted by atomic mass is 16.5. The number of aromatic hydroxyl groups is 1. The Balaban J connectivity index is 1.41. The summed E-state index contributed by atoms with van der Waals surface area (Å²) in [6.07, 6.45) is 0. The van der Waals surface area contributed by atoms with E-state index in [0.717, 1.165) is 0 Å². The number of hydrazine groups is 1. The molecule has 0 radical (unpaired) electrons. The van der Waals surface area contributed by atoms with Gasteiger partial charge in [0.05, 0.1) is 19.8 Å². The van der Waals surface area contributed by atoms with Crippen LogP contribution in [0.15, 0.2) is 54.6 Å². The van der Waals surface area contributed by atoms with Crippen LogP contribution in [-0.4, -0.2) is 49.3 Å². The first-order chi connectivity index (χ1) is 16.8. The van der Waals surface area contributed by atoms with Crippen molar-refractivity contribution in [3.63, 3.8) is 0 Å². The van der Waals surface area contributed by atoms with Crippen molar-refractivity contribution in [1.82, 2.24) is 10.9 Å². The Bertz CT molecular complexity index is 1370. The maximum atomic E-state index is 12.9. The van der Waals surface area contributed by atoms with E-state index >= 15 is 0 Å². The summed E-state index contributed by atoms with van der Waals surface area (Å²) < 4.78 is 15.6. The Morgan fingerprint density at radius 2 is 1.46 bits per heavy atom. The van der Waals surface area contributed by atoms with Crippen LogP contribution < -0.4 is 25.1 Å². The lowest BCUT2D eigenvalue weighted by molar-refractivity contribution is -0.123. The average Bonchev–Trinajstić information content (AvgIpc) is 2.89. The van der Waals surface area contributed by atoms with Crippen molar-refractivity contribution in [2.24, 2.45) is 0 Å². The third-order valence-electron chi connectivity index (χ3n) is 5.35. The number of ketones is 2. The van der Waals surface area contributed by atoms with E-state index in [4.69, 9.17) is 14.2 Å².